The van der Waals surface area contributed by atoms with E-state index in [1.807, 2.05) is 0 Å². The van der Waals surface area contributed by atoms with Gasteiger partial charge in [-0.1, -0.05) is 13.8 Å². The molecule has 21 heavy (non-hydrogen) atoms. The van der Waals surface area contributed by atoms with Crippen LogP contribution in [0.5, 0.6) is 0 Å². The van der Waals surface area contributed by atoms with Gasteiger partial charge < -0.3 is 14.6 Å². The number of nitrogens with zero attached hydrogens (tertiary/aromatic N) is 2. The van der Waals surface area contributed by atoms with Gasteiger partial charge in [0.2, 0.25) is 0 Å². The van der Waals surface area contributed by atoms with Gasteiger partial charge in [0.05, 0.1) is 6.54 Å². The zero-order chi connectivity index (χ0) is 15.4. The summed E-state index contributed by atoms with van der Waals surface area (Å²) in [6.45, 7) is 11.8. The van der Waals surface area contributed by atoms with Crippen LogP contribution < -0.4 is 5.32 Å². The van der Waals surface area contributed by atoms with Crippen molar-refractivity contribution in [1.29, 1.82) is 0 Å². The van der Waals surface area contributed by atoms with E-state index in [2.05, 4.69) is 56.0 Å². The maximum atomic E-state index is 5.94. The van der Waals surface area contributed by atoms with Crippen molar-refractivity contribution in [2.24, 2.45) is 5.92 Å². The zero-order valence-electron chi connectivity index (χ0n) is 14.3. The third kappa shape index (κ3) is 4.31. The van der Waals surface area contributed by atoms with E-state index in [0.29, 0.717) is 6.04 Å². The van der Waals surface area contributed by atoms with Gasteiger partial charge >= 0.3 is 0 Å². The number of hydrogen-bond donors (Lipinski definition) is 1. The van der Waals surface area contributed by atoms with Crippen molar-refractivity contribution >= 4 is 0 Å². The summed E-state index contributed by atoms with van der Waals surface area (Å²) in [5.74, 6) is 2.89. The molecule has 4 nitrogen and oxygen atoms in total. The third-order valence-corrected chi connectivity index (χ3v) is 4.50. The minimum absolute atomic E-state index is 0.659. The molecular weight excluding hydrogens is 262 g/mol. The van der Waals surface area contributed by atoms with Crippen LogP contribution in [-0.2, 0) is 13.1 Å². The van der Waals surface area contributed by atoms with Crippen molar-refractivity contribution in [3.8, 4) is 0 Å². The topological polar surface area (TPSA) is 31.6 Å². The molecule has 0 bridgehead atoms. The highest BCUT2D eigenvalue weighted by Crippen LogP contribution is 2.23. The molecule has 0 radical (unpaired) electrons. The maximum Gasteiger partial charge on any atom is 0.118 e. The lowest BCUT2D eigenvalue weighted by molar-refractivity contribution is 0.243. The smallest absolute Gasteiger partial charge is 0.118 e. The van der Waals surface area contributed by atoms with Crippen LogP contribution in [0.3, 0.4) is 0 Å². The first-order chi connectivity index (χ1) is 10.0. The van der Waals surface area contributed by atoms with Gasteiger partial charge in [-0.3, -0.25) is 4.90 Å². The quantitative estimate of drug-likeness (QED) is 0.783. The Morgan fingerprint density at radius 1 is 1.38 bits per heavy atom. The highest BCUT2D eigenvalue weighted by Gasteiger charge is 2.31. The summed E-state index contributed by atoms with van der Waals surface area (Å²) in [6.07, 6.45) is 1.17. The van der Waals surface area contributed by atoms with Gasteiger partial charge in [-0.2, -0.15) is 0 Å². The molecule has 0 amide bonds. The van der Waals surface area contributed by atoms with E-state index in [1.165, 1.54) is 12.0 Å². The molecule has 0 saturated carbocycles. The lowest BCUT2D eigenvalue weighted by atomic mass is 10.1. The van der Waals surface area contributed by atoms with E-state index < -0.39 is 0 Å². The summed E-state index contributed by atoms with van der Waals surface area (Å²) in [7, 11) is 4.36. The van der Waals surface area contributed by atoms with Gasteiger partial charge in [0, 0.05) is 31.2 Å². The Bertz CT molecular complexity index is 441. The van der Waals surface area contributed by atoms with E-state index in [4.69, 9.17) is 4.42 Å². The molecule has 2 rings (SSSR count). The number of furan rings is 1. The van der Waals surface area contributed by atoms with Crippen molar-refractivity contribution in [2.45, 2.75) is 46.3 Å². The fraction of sp³-hybridized carbons (Fsp3) is 0.765. The number of likely N-dealkylation sites (tertiary alicyclic amines) is 1. The highest BCUT2D eigenvalue weighted by molar-refractivity contribution is 5.20. The van der Waals surface area contributed by atoms with E-state index in [0.717, 1.165) is 50.2 Å². The lowest BCUT2D eigenvalue weighted by Crippen LogP contribution is -2.34. The summed E-state index contributed by atoms with van der Waals surface area (Å²) in [4.78, 5) is 4.86. The molecule has 1 aliphatic heterocycles. The Balaban J connectivity index is 1.90. The number of likely N-dealkylation sites (N-methyl/N-ethyl adjacent to an activating group) is 1. The van der Waals surface area contributed by atoms with Gasteiger partial charge in [-0.25, -0.2) is 0 Å². The minimum atomic E-state index is 0.659. The Morgan fingerprint density at radius 3 is 2.76 bits per heavy atom. The minimum Gasteiger partial charge on any atom is -0.465 e. The molecule has 2 heterocycles. The molecule has 1 N–H and O–H groups in total. The predicted octanol–water partition coefficient (Wildman–Crippen LogP) is 2.47. The first-order valence-corrected chi connectivity index (χ1v) is 8.19. The average molecular weight is 293 g/mol. The third-order valence-electron chi connectivity index (χ3n) is 4.50. The Kier molecular flexibility index (Phi) is 5.85. The molecule has 2 atom stereocenters. The van der Waals surface area contributed by atoms with Crippen molar-refractivity contribution < 1.29 is 4.42 Å². The van der Waals surface area contributed by atoms with Gasteiger partial charge in [-0.05, 0) is 46.0 Å². The van der Waals surface area contributed by atoms with Crippen molar-refractivity contribution in [3.63, 3.8) is 0 Å². The average Bonchev–Trinajstić information content (AvgIpc) is 2.94. The molecule has 4 heteroatoms. The van der Waals surface area contributed by atoms with Crippen LogP contribution in [0.25, 0.3) is 0 Å². The first kappa shape index (κ1) is 16.5. The van der Waals surface area contributed by atoms with Crippen molar-refractivity contribution in [1.82, 2.24) is 15.1 Å². The summed E-state index contributed by atoms with van der Waals surface area (Å²) in [6, 6.07) is 2.89. The fourth-order valence-corrected chi connectivity index (χ4v) is 3.31. The van der Waals surface area contributed by atoms with Gasteiger partial charge in [0.1, 0.15) is 11.5 Å². The second-order valence-electron chi connectivity index (χ2n) is 6.67. The van der Waals surface area contributed by atoms with E-state index in [9.17, 15) is 0 Å². The summed E-state index contributed by atoms with van der Waals surface area (Å²) in [5, 5.41) is 3.45. The van der Waals surface area contributed by atoms with Crippen LogP contribution in [0.4, 0.5) is 0 Å². The molecule has 0 aromatic carbocycles. The first-order valence-electron chi connectivity index (χ1n) is 8.19. The van der Waals surface area contributed by atoms with Crippen LogP contribution in [0.15, 0.2) is 10.5 Å². The molecule has 0 aliphatic carbocycles. The Hall–Kier alpha value is -0.840. The van der Waals surface area contributed by atoms with Crippen LogP contribution in [0.1, 0.15) is 37.4 Å². The zero-order valence-corrected chi connectivity index (χ0v) is 14.3. The molecule has 1 aromatic rings. The normalized spacial score (nSPS) is 23.3. The van der Waals surface area contributed by atoms with Gasteiger partial charge in [0.15, 0.2) is 0 Å². The van der Waals surface area contributed by atoms with E-state index >= 15 is 0 Å². The van der Waals surface area contributed by atoms with Crippen LogP contribution in [0, 0.1) is 12.8 Å². The lowest BCUT2D eigenvalue weighted by Gasteiger charge is -2.22. The summed E-state index contributed by atoms with van der Waals surface area (Å²) < 4.78 is 5.94. The molecule has 1 fully saturated rings. The Labute approximate surface area is 129 Å². The summed E-state index contributed by atoms with van der Waals surface area (Å²) >= 11 is 0. The molecule has 1 aliphatic rings. The molecule has 0 spiro atoms. The number of rotatable bonds is 7. The second kappa shape index (κ2) is 7.43. The fourth-order valence-electron chi connectivity index (χ4n) is 3.31. The van der Waals surface area contributed by atoms with Gasteiger partial charge in [-0.15, -0.1) is 0 Å². The monoisotopic (exact) mass is 293 g/mol. The predicted molar refractivity (Wildman–Crippen MR) is 87.4 cm³/mol. The summed E-state index contributed by atoms with van der Waals surface area (Å²) in [5.41, 5.74) is 1.30. The molecule has 1 aromatic heterocycles. The molecule has 2 unspecified atom stereocenters. The molecular formula is C17H31N3O. The molecule has 120 valence electrons. The van der Waals surface area contributed by atoms with E-state index in [-0.39, 0.29) is 0 Å². The standard InChI is InChI=1S/C17H31N3O/c1-6-7-18-9-15-8-16(21-14(15)3)11-20-10-13(2)17(12-20)19(4)5/h8,13,17-18H,6-7,9-12H2,1-5H3. The van der Waals surface area contributed by atoms with Crippen molar-refractivity contribution in [3.05, 3.63) is 23.2 Å². The van der Waals surface area contributed by atoms with Crippen LogP contribution >= 0.6 is 0 Å². The largest absolute Gasteiger partial charge is 0.465 e. The Morgan fingerprint density at radius 2 is 2.14 bits per heavy atom. The second-order valence-corrected chi connectivity index (χ2v) is 6.67. The number of hydrogen-bond acceptors (Lipinski definition) is 4. The van der Waals surface area contributed by atoms with E-state index in [1.54, 1.807) is 0 Å². The molecule has 1 saturated heterocycles. The van der Waals surface area contributed by atoms with Crippen molar-refractivity contribution in [2.75, 3.05) is 33.7 Å². The van der Waals surface area contributed by atoms with Crippen LogP contribution in [0.2, 0.25) is 0 Å². The highest BCUT2D eigenvalue weighted by atomic mass is 16.3. The number of nitrogens with one attached hydrogen (secondary N) is 1. The number of aryl methyl sites for hydroxylation is 1. The maximum absolute atomic E-state index is 5.94. The SMILES string of the molecule is CCCNCc1cc(CN2CC(C)C(N(C)C)C2)oc1C. The van der Waals surface area contributed by atoms with Gasteiger partial charge in [0.25, 0.3) is 0 Å². The van der Waals surface area contributed by atoms with Crippen LogP contribution in [-0.4, -0.2) is 49.6 Å².